The first kappa shape index (κ1) is 10.2. The molecule has 0 heterocycles. The van der Waals surface area contributed by atoms with Gasteiger partial charge in [0, 0.05) is 0 Å². The standard InChI is InChI=1S/3C2H5.N3.Pb/c3*1-2;1-3-2;/h3*1H2,2H3;;/q;;;-1;+1. The summed E-state index contributed by atoms with van der Waals surface area (Å²) in [4.78, 5) is 2.94. The minimum absolute atomic E-state index is 1.16. The van der Waals surface area contributed by atoms with Gasteiger partial charge in [-0.3, -0.25) is 0 Å². The van der Waals surface area contributed by atoms with Crippen molar-refractivity contribution < 1.29 is 0 Å². The fourth-order valence-electron chi connectivity index (χ4n) is 1.06. The predicted molar refractivity (Wildman–Crippen MR) is 46.3 cm³/mol. The second-order valence-corrected chi connectivity index (χ2v) is 21.0. The quantitative estimate of drug-likeness (QED) is 0.327. The third kappa shape index (κ3) is 2.46. The molecule has 58 valence electrons. The van der Waals surface area contributed by atoms with Crippen LogP contribution in [0.2, 0.25) is 11.9 Å². The first-order valence-corrected chi connectivity index (χ1v) is 13.8. The number of rotatable bonds is 4. The van der Waals surface area contributed by atoms with Gasteiger partial charge in [0.15, 0.2) is 0 Å². The predicted octanol–water partition coefficient (Wildman–Crippen LogP) is 3.30. The summed E-state index contributed by atoms with van der Waals surface area (Å²) in [5.74, 6) is 0. The normalized spacial score (nSPS) is 10.7. The Morgan fingerprint density at radius 1 is 1.20 bits per heavy atom. The maximum absolute atomic E-state index is 8.31. The average Bonchev–Trinajstić information content (AvgIpc) is 2.01. The van der Waals surface area contributed by atoms with Gasteiger partial charge in [0.1, 0.15) is 0 Å². The van der Waals surface area contributed by atoms with Gasteiger partial charge < -0.3 is 0 Å². The van der Waals surface area contributed by atoms with Crippen molar-refractivity contribution in [1.82, 2.24) is 0 Å². The van der Waals surface area contributed by atoms with Crippen LogP contribution in [0, 0.1) is 0 Å². The van der Waals surface area contributed by atoms with Crippen LogP contribution in [0.3, 0.4) is 0 Å². The van der Waals surface area contributed by atoms with Crippen LogP contribution < -0.4 is 0 Å². The fraction of sp³-hybridized carbons (Fsp3) is 1.00. The van der Waals surface area contributed by atoms with Gasteiger partial charge >= 0.3 is 67.5 Å². The second-order valence-electron chi connectivity index (χ2n) is 2.47. The van der Waals surface area contributed by atoms with E-state index in [1.807, 2.05) is 0 Å². The molecule has 0 aliphatic rings. The van der Waals surface area contributed by atoms with Gasteiger partial charge in [0.25, 0.3) is 0 Å². The molecular weight excluding hydrogens is 321 g/mol. The summed E-state index contributed by atoms with van der Waals surface area (Å²) in [5, 5.41) is 0. The van der Waals surface area contributed by atoms with Gasteiger partial charge in [-0.15, -0.1) is 0 Å². The molecule has 10 heavy (non-hydrogen) atoms. The summed E-state index contributed by atoms with van der Waals surface area (Å²) in [6.45, 7) is 6.47. The Bertz CT molecular complexity index is 128. The van der Waals surface area contributed by atoms with Crippen LogP contribution in [0.4, 0.5) is 0 Å². The van der Waals surface area contributed by atoms with E-state index in [4.69, 9.17) is 5.53 Å². The molecule has 0 radical (unpaired) electrons. The molecule has 0 unspecified atom stereocenters. The van der Waals surface area contributed by atoms with E-state index in [2.05, 4.69) is 28.6 Å². The number of azide groups is 1. The summed E-state index contributed by atoms with van der Waals surface area (Å²) in [6.07, 6.45) is 0. The molecule has 4 heteroatoms. The van der Waals surface area contributed by atoms with Crippen molar-refractivity contribution >= 4 is 21.5 Å². The van der Waals surface area contributed by atoms with Crippen molar-refractivity contribution in [1.29, 1.82) is 0 Å². The fourth-order valence-corrected chi connectivity index (χ4v) is 9.28. The van der Waals surface area contributed by atoms with Gasteiger partial charge in [0.05, 0.1) is 0 Å². The van der Waals surface area contributed by atoms with E-state index >= 15 is 0 Å². The van der Waals surface area contributed by atoms with Crippen LogP contribution in [0.15, 0.2) is 2.92 Å². The van der Waals surface area contributed by atoms with Crippen molar-refractivity contribution in [2.75, 3.05) is 0 Å². The monoisotopic (exact) mass is 337 g/mol. The van der Waals surface area contributed by atoms with Crippen LogP contribution >= 0.6 is 0 Å². The average molecular weight is 336 g/mol. The van der Waals surface area contributed by atoms with Crippen LogP contribution in [0.25, 0.3) is 10.4 Å². The Labute approximate surface area is 67.5 Å². The van der Waals surface area contributed by atoms with E-state index < -0.39 is 21.5 Å². The van der Waals surface area contributed by atoms with Crippen LogP contribution in [0.1, 0.15) is 20.8 Å². The summed E-state index contributed by atoms with van der Waals surface area (Å²) in [5.41, 5.74) is 8.31. The topological polar surface area (TPSA) is 48.8 Å². The van der Waals surface area contributed by atoms with E-state index in [9.17, 15) is 0 Å². The molecule has 0 atom stereocenters. The molecule has 0 aliphatic heterocycles. The van der Waals surface area contributed by atoms with E-state index in [0.717, 1.165) is 11.9 Å². The molecule has 0 aromatic carbocycles. The Morgan fingerprint density at radius 2 is 1.60 bits per heavy atom. The molecule has 0 saturated heterocycles. The zero-order chi connectivity index (χ0) is 8.04. The van der Waals surface area contributed by atoms with E-state index in [1.54, 1.807) is 0 Å². The maximum atomic E-state index is 8.31. The van der Waals surface area contributed by atoms with Crippen LogP contribution in [0.5, 0.6) is 0 Å². The number of nitrogens with zero attached hydrogens (tertiary/aromatic N) is 3. The van der Waals surface area contributed by atoms with Crippen molar-refractivity contribution in [2.45, 2.75) is 32.7 Å². The van der Waals surface area contributed by atoms with Gasteiger partial charge in [-0.1, -0.05) is 0 Å². The summed E-state index contributed by atoms with van der Waals surface area (Å²) < 4.78 is 7.48. The second kappa shape index (κ2) is 4.96. The van der Waals surface area contributed by atoms with E-state index in [0.29, 0.717) is 0 Å². The molecule has 0 saturated carbocycles. The molecule has 0 bridgehead atoms. The van der Waals surface area contributed by atoms with Gasteiger partial charge in [-0.2, -0.15) is 0 Å². The molecule has 0 aromatic heterocycles. The van der Waals surface area contributed by atoms with Crippen molar-refractivity contribution in [3.05, 3.63) is 10.4 Å². The molecule has 0 fully saturated rings. The van der Waals surface area contributed by atoms with Gasteiger partial charge in [-0.05, 0) is 0 Å². The SMILES string of the molecule is C[CH2][Pb]([CH2]C)([CH2]C)[N]=[N+]=[N-]. The van der Waals surface area contributed by atoms with Crippen LogP contribution in [-0.2, 0) is 0 Å². The molecule has 0 amide bonds. The van der Waals surface area contributed by atoms with E-state index in [1.165, 1.54) is 0 Å². The Balaban J connectivity index is 4.29. The molecule has 3 nitrogen and oxygen atoms in total. The Kier molecular flexibility index (Phi) is 5.07. The van der Waals surface area contributed by atoms with Crippen LogP contribution in [-0.4, -0.2) is 21.5 Å². The van der Waals surface area contributed by atoms with E-state index in [-0.39, 0.29) is 0 Å². The molecule has 0 spiro atoms. The summed E-state index contributed by atoms with van der Waals surface area (Å²) >= 11 is -2.34. The van der Waals surface area contributed by atoms with Gasteiger partial charge in [0.2, 0.25) is 0 Å². The molecular formula is C6H15N3Pb. The molecule has 0 aromatic rings. The zero-order valence-electron chi connectivity index (χ0n) is 6.96. The first-order valence-electron chi connectivity index (χ1n) is 3.81. The first-order chi connectivity index (χ1) is 4.74. The number of hydrogen-bond acceptors (Lipinski definition) is 1. The number of hydrogen-bond donors (Lipinski definition) is 0. The minimum atomic E-state index is -2.34. The third-order valence-electron chi connectivity index (χ3n) is 2.23. The van der Waals surface area contributed by atoms with Crippen molar-refractivity contribution in [2.24, 2.45) is 2.92 Å². The molecule has 0 aliphatic carbocycles. The molecule has 0 N–H and O–H groups in total. The third-order valence-corrected chi connectivity index (χ3v) is 19.6. The Morgan fingerprint density at radius 3 is 1.70 bits per heavy atom. The summed E-state index contributed by atoms with van der Waals surface area (Å²) in [7, 11) is 0. The zero-order valence-corrected chi connectivity index (χ0v) is 10.9. The molecule has 0 rings (SSSR count). The Hall–Kier alpha value is 0.232. The van der Waals surface area contributed by atoms with Gasteiger partial charge in [-0.25, -0.2) is 0 Å². The summed E-state index contributed by atoms with van der Waals surface area (Å²) in [6, 6.07) is 0. The van der Waals surface area contributed by atoms with Crippen molar-refractivity contribution in [3.8, 4) is 0 Å². The van der Waals surface area contributed by atoms with Crippen molar-refractivity contribution in [3.63, 3.8) is 0 Å².